The summed E-state index contributed by atoms with van der Waals surface area (Å²) < 4.78 is 28.9. The third kappa shape index (κ3) is 4.42. The molecule has 5 heteroatoms. The molecule has 3 N–H and O–H groups in total. The van der Waals surface area contributed by atoms with Crippen molar-refractivity contribution >= 4 is 10.0 Å². The Bertz CT molecular complexity index is 829. The summed E-state index contributed by atoms with van der Waals surface area (Å²) in [6.07, 6.45) is 0. The lowest BCUT2D eigenvalue weighted by Gasteiger charge is -2.47. The van der Waals surface area contributed by atoms with Crippen LogP contribution in [0.15, 0.2) is 60.7 Å². The molecule has 0 amide bonds. The number of nitrogens with one attached hydrogen (secondary N) is 1. The number of nitrogens with two attached hydrogens (primary N) is 1. The molecule has 1 aliphatic carbocycles. The zero-order chi connectivity index (χ0) is 19.6. The summed E-state index contributed by atoms with van der Waals surface area (Å²) in [5, 5.41) is 0. The molecule has 3 rings (SSSR count). The third-order valence-electron chi connectivity index (χ3n) is 6.43. The molecule has 1 saturated carbocycles. The Morgan fingerprint density at radius 2 is 1.33 bits per heavy atom. The quantitative estimate of drug-likeness (QED) is 0.758. The van der Waals surface area contributed by atoms with E-state index in [1.54, 1.807) is 0 Å². The predicted molar refractivity (Wildman–Crippen MR) is 110 cm³/mol. The van der Waals surface area contributed by atoms with Crippen LogP contribution >= 0.6 is 0 Å². The van der Waals surface area contributed by atoms with Crippen molar-refractivity contribution in [3.63, 3.8) is 0 Å². The summed E-state index contributed by atoms with van der Waals surface area (Å²) in [5.41, 5.74) is 8.29. The molecule has 4 nitrogen and oxygen atoms in total. The largest absolute Gasteiger partial charge is 0.322 e. The summed E-state index contributed by atoms with van der Waals surface area (Å²) in [6.45, 7) is 6.49. The normalized spacial score (nSPS) is 27.6. The van der Waals surface area contributed by atoms with Crippen molar-refractivity contribution in [2.24, 2.45) is 29.4 Å². The van der Waals surface area contributed by atoms with Gasteiger partial charge in [-0.3, -0.25) is 0 Å². The Morgan fingerprint density at radius 3 is 1.85 bits per heavy atom. The van der Waals surface area contributed by atoms with Crippen LogP contribution in [-0.2, 0) is 10.0 Å². The van der Waals surface area contributed by atoms with Gasteiger partial charge in [-0.05, 0) is 34.8 Å². The van der Waals surface area contributed by atoms with Gasteiger partial charge in [0.05, 0.1) is 17.8 Å². The fourth-order valence-electron chi connectivity index (χ4n) is 4.27. The second-order valence-corrected chi connectivity index (χ2v) is 9.76. The van der Waals surface area contributed by atoms with Crippen LogP contribution in [0.1, 0.15) is 44.0 Å². The van der Waals surface area contributed by atoms with E-state index < -0.39 is 22.1 Å². The van der Waals surface area contributed by atoms with Crippen LogP contribution in [0.25, 0.3) is 0 Å². The van der Waals surface area contributed by atoms with E-state index in [0.717, 1.165) is 11.1 Å². The molecule has 27 heavy (non-hydrogen) atoms. The maximum atomic E-state index is 13.0. The average Bonchev–Trinajstić information content (AvgIpc) is 2.70. The molecule has 2 aromatic carbocycles. The molecule has 0 bridgehead atoms. The van der Waals surface area contributed by atoms with E-state index in [9.17, 15) is 8.42 Å². The number of sulfonamides is 1. The summed E-state index contributed by atoms with van der Waals surface area (Å²) in [4.78, 5) is 0. The van der Waals surface area contributed by atoms with E-state index in [2.05, 4.69) is 25.5 Å². The fraction of sp³-hybridized carbons (Fsp3) is 0.455. The monoisotopic (exact) mass is 386 g/mol. The molecule has 0 aromatic heterocycles. The lowest BCUT2D eigenvalue weighted by Crippen LogP contribution is -2.48. The van der Waals surface area contributed by atoms with Crippen LogP contribution in [0.4, 0.5) is 0 Å². The lowest BCUT2D eigenvalue weighted by molar-refractivity contribution is 0.0324. The topological polar surface area (TPSA) is 72.2 Å². The SMILES string of the molecule is CC1C(C)C(CS(=O)(=O)NC(c2ccccc2)C(N)c2ccccc2)C1C. The second kappa shape index (κ2) is 8.13. The van der Waals surface area contributed by atoms with Crippen molar-refractivity contribution in [3.05, 3.63) is 71.8 Å². The fourth-order valence-corrected chi connectivity index (χ4v) is 6.15. The minimum Gasteiger partial charge on any atom is -0.322 e. The maximum absolute atomic E-state index is 13.0. The summed E-state index contributed by atoms with van der Waals surface area (Å²) in [5.74, 6) is 1.78. The molecule has 1 aliphatic rings. The highest BCUT2D eigenvalue weighted by molar-refractivity contribution is 7.89. The lowest BCUT2D eigenvalue weighted by atomic mass is 9.60. The highest BCUT2D eigenvalue weighted by Gasteiger charge is 2.44. The highest BCUT2D eigenvalue weighted by Crippen LogP contribution is 2.46. The highest BCUT2D eigenvalue weighted by atomic mass is 32.2. The molecule has 0 saturated heterocycles. The molecule has 4 atom stereocenters. The Labute approximate surface area is 163 Å². The molecular formula is C22H30N2O2S. The van der Waals surface area contributed by atoms with Gasteiger partial charge >= 0.3 is 0 Å². The standard InChI is InChI=1S/C22H30N2O2S/c1-15-16(2)20(17(15)3)14-27(25,26)24-22(19-12-8-5-9-13-19)21(23)18-10-6-4-7-11-18/h4-13,15-17,20-22,24H,14,23H2,1-3H3. The number of hydrogen-bond acceptors (Lipinski definition) is 3. The van der Waals surface area contributed by atoms with Crippen molar-refractivity contribution in [1.82, 2.24) is 4.72 Å². The van der Waals surface area contributed by atoms with Gasteiger partial charge in [-0.25, -0.2) is 13.1 Å². The van der Waals surface area contributed by atoms with Crippen LogP contribution in [0.3, 0.4) is 0 Å². The molecule has 0 aliphatic heterocycles. The first-order valence-corrected chi connectivity index (χ1v) is 11.3. The van der Waals surface area contributed by atoms with E-state index >= 15 is 0 Å². The Balaban J connectivity index is 1.83. The summed E-state index contributed by atoms with van der Waals surface area (Å²) >= 11 is 0. The minimum absolute atomic E-state index is 0.157. The first-order chi connectivity index (χ1) is 12.8. The van der Waals surface area contributed by atoms with Crippen molar-refractivity contribution in [2.75, 3.05) is 5.75 Å². The minimum atomic E-state index is -3.46. The molecule has 2 aromatic rings. The van der Waals surface area contributed by atoms with Crippen LogP contribution in [-0.4, -0.2) is 14.2 Å². The van der Waals surface area contributed by atoms with Crippen molar-refractivity contribution in [1.29, 1.82) is 0 Å². The third-order valence-corrected chi connectivity index (χ3v) is 7.87. The maximum Gasteiger partial charge on any atom is 0.212 e. The van der Waals surface area contributed by atoms with Gasteiger partial charge in [0.25, 0.3) is 0 Å². The summed E-state index contributed by atoms with van der Waals surface area (Å²) in [6, 6.07) is 18.3. The molecule has 1 fully saturated rings. The van der Waals surface area contributed by atoms with Crippen molar-refractivity contribution in [2.45, 2.75) is 32.9 Å². The molecular weight excluding hydrogens is 356 g/mol. The summed E-state index contributed by atoms with van der Waals surface area (Å²) in [7, 11) is -3.46. The average molecular weight is 387 g/mol. The Kier molecular flexibility index (Phi) is 6.04. The van der Waals surface area contributed by atoms with Gasteiger partial charge in [0.2, 0.25) is 10.0 Å². The van der Waals surface area contributed by atoms with Gasteiger partial charge in [0.15, 0.2) is 0 Å². The van der Waals surface area contributed by atoms with E-state index in [1.807, 2.05) is 60.7 Å². The first kappa shape index (κ1) is 20.1. The van der Waals surface area contributed by atoms with Gasteiger partial charge in [0, 0.05) is 0 Å². The Morgan fingerprint density at radius 1 is 0.852 bits per heavy atom. The van der Waals surface area contributed by atoms with Crippen LogP contribution in [0, 0.1) is 23.7 Å². The Hall–Kier alpha value is -1.69. The van der Waals surface area contributed by atoms with Gasteiger partial charge in [-0.2, -0.15) is 0 Å². The van der Waals surface area contributed by atoms with E-state index in [1.165, 1.54) is 0 Å². The smallest absolute Gasteiger partial charge is 0.212 e. The van der Waals surface area contributed by atoms with Gasteiger partial charge in [-0.1, -0.05) is 81.4 Å². The molecule has 4 unspecified atom stereocenters. The number of benzene rings is 2. The molecule has 0 radical (unpaired) electrons. The van der Waals surface area contributed by atoms with Crippen LogP contribution < -0.4 is 10.5 Å². The predicted octanol–water partition coefficient (Wildman–Crippen LogP) is 3.89. The molecule has 0 heterocycles. The van der Waals surface area contributed by atoms with E-state index in [0.29, 0.717) is 17.8 Å². The molecule has 0 spiro atoms. The number of hydrogen-bond donors (Lipinski definition) is 2. The first-order valence-electron chi connectivity index (χ1n) is 9.65. The zero-order valence-corrected chi connectivity index (χ0v) is 17.1. The van der Waals surface area contributed by atoms with Crippen molar-refractivity contribution in [3.8, 4) is 0 Å². The second-order valence-electron chi connectivity index (χ2n) is 7.97. The van der Waals surface area contributed by atoms with Gasteiger partial charge < -0.3 is 5.73 Å². The van der Waals surface area contributed by atoms with Crippen LogP contribution in [0.2, 0.25) is 0 Å². The zero-order valence-electron chi connectivity index (χ0n) is 16.2. The molecule has 146 valence electrons. The van der Waals surface area contributed by atoms with Gasteiger partial charge in [0.1, 0.15) is 0 Å². The van der Waals surface area contributed by atoms with Crippen LogP contribution in [0.5, 0.6) is 0 Å². The number of rotatable bonds is 7. The van der Waals surface area contributed by atoms with E-state index in [4.69, 9.17) is 5.73 Å². The van der Waals surface area contributed by atoms with E-state index in [-0.39, 0.29) is 11.7 Å². The van der Waals surface area contributed by atoms with Gasteiger partial charge in [-0.15, -0.1) is 0 Å². The van der Waals surface area contributed by atoms with Crippen molar-refractivity contribution < 1.29 is 8.42 Å².